The summed E-state index contributed by atoms with van der Waals surface area (Å²) in [5.74, 6) is -0.407. The van der Waals surface area contributed by atoms with Gasteiger partial charge < -0.3 is 14.4 Å². The van der Waals surface area contributed by atoms with Gasteiger partial charge in [-0.05, 0) is 44.7 Å². The van der Waals surface area contributed by atoms with E-state index in [1.165, 1.54) is 4.90 Å². The molecule has 11 heteroatoms. The summed E-state index contributed by atoms with van der Waals surface area (Å²) in [6.45, 7) is 6.05. The molecule has 8 nitrogen and oxygen atoms in total. The second-order valence-corrected chi connectivity index (χ2v) is 8.55. The molecule has 0 aliphatic carbocycles. The van der Waals surface area contributed by atoms with Crippen LogP contribution in [0.2, 0.25) is 0 Å². The molecule has 32 heavy (non-hydrogen) atoms. The van der Waals surface area contributed by atoms with Gasteiger partial charge in [-0.15, -0.1) is 0 Å². The molecule has 0 spiro atoms. The van der Waals surface area contributed by atoms with Gasteiger partial charge in [0, 0.05) is 38.8 Å². The summed E-state index contributed by atoms with van der Waals surface area (Å²) < 4.78 is 47.7. The van der Waals surface area contributed by atoms with Crippen molar-refractivity contribution in [1.29, 1.82) is 0 Å². The van der Waals surface area contributed by atoms with Crippen molar-refractivity contribution in [2.75, 3.05) is 39.3 Å². The standard InChI is InChI=1S/C21H28F3N3O5/c1-14-10-25(11-15(2)32-14)12-16-5-7-26(8-6-16)20(28)18-9-17(31-13-21(22,23)24)3-4-19(18)27(29)30/h3-4,9,14-16H,5-8,10-13H2,1-2H3. The molecule has 1 aromatic carbocycles. The first-order valence-corrected chi connectivity index (χ1v) is 10.7. The van der Waals surface area contributed by atoms with E-state index in [1.54, 1.807) is 0 Å². The van der Waals surface area contributed by atoms with Crippen LogP contribution in [0.3, 0.4) is 0 Å². The van der Waals surface area contributed by atoms with Crippen LogP contribution in [-0.4, -0.2) is 78.3 Å². The van der Waals surface area contributed by atoms with Gasteiger partial charge in [0.15, 0.2) is 6.61 Å². The molecule has 2 aliphatic heterocycles. The number of rotatable bonds is 6. The number of hydrogen-bond donors (Lipinski definition) is 0. The van der Waals surface area contributed by atoms with Gasteiger partial charge in [-0.2, -0.15) is 13.2 Å². The highest BCUT2D eigenvalue weighted by atomic mass is 19.4. The Balaban J connectivity index is 1.62. The zero-order chi connectivity index (χ0) is 23.5. The fraction of sp³-hybridized carbons (Fsp3) is 0.667. The molecule has 3 rings (SSSR count). The summed E-state index contributed by atoms with van der Waals surface area (Å²) in [5, 5.41) is 11.4. The second-order valence-electron chi connectivity index (χ2n) is 8.55. The Labute approximate surface area is 184 Å². The predicted octanol–water partition coefficient (Wildman–Crippen LogP) is 3.50. The van der Waals surface area contributed by atoms with Crippen LogP contribution in [0.1, 0.15) is 37.0 Å². The number of nitro benzene ring substituents is 1. The van der Waals surface area contributed by atoms with Gasteiger partial charge in [0.05, 0.1) is 17.1 Å². The second kappa shape index (κ2) is 10.0. The summed E-state index contributed by atoms with van der Waals surface area (Å²) in [6.07, 6.45) is -2.70. The Kier molecular flexibility index (Phi) is 7.60. The zero-order valence-corrected chi connectivity index (χ0v) is 18.1. The number of morpholine rings is 1. The summed E-state index contributed by atoms with van der Waals surface area (Å²) in [5.41, 5.74) is -0.711. The number of amides is 1. The maximum atomic E-state index is 13.0. The molecule has 2 unspecified atom stereocenters. The molecular formula is C21H28F3N3O5. The number of likely N-dealkylation sites (tertiary alicyclic amines) is 1. The molecule has 2 fully saturated rings. The maximum Gasteiger partial charge on any atom is 0.422 e. The molecule has 2 saturated heterocycles. The Bertz CT molecular complexity index is 817. The zero-order valence-electron chi connectivity index (χ0n) is 18.1. The van der Waals surface area contributed by atoms with Gasteiger partial charge in [0.1, 0.15) is 11.3 Å². The van der Waals surface area contributed by atoms with E-state index in [0.29, 0.717) is 19.0 Å². The lowest BCUT2D eigenvalue weighted by molar-refractivity contribution is -0.385. The van der Waals surface area contributed by atoms with Crippen molar-refractivity contribution >= 4 is 11.6 Å². The average Bonchev–Trinajstić information content (AvgIpc) is 2.70. The Hall–Kier alpha value is -2.40. The number of nitro groups is 1. The van der Waals surface area contributed by atoms with Gasteiger partial charge in [-0.25, -0.2) is 0 Å². The van der Waals surface area contributed by atoms with Gasteiger partial charge in [-0.1, -0.05) is 0 Å². The highest BCUT2D eigenvalue weighted by Crippen LogP contribution is 2.29. The van der Waals surface area contributed by atoms with Gasteiger partial charge in [0.25, 0.3) is 11.6 Å². The monoisotopic (exact) mass is 459 g/mol. The van der Waals surface area contributed by atoms with Gasteiger partial charge >= 0.3 is 6.18 Å². The molecule has 1 amide bonds. The summed E-state index contributed by atoms with van der Waals surface area (Å²) in [7, 11) is 0. The normalized spacial score (nSPS) is 23.2. The topological polar surface area (TPSA) is 85.2 Å². The van der Waals surface area contributed by atoms with E-state index in [9.17, 15) is 28.1 Å². The van der Waals surface area contributed by atoms with Crippen molar-refractivity contribution in [3.63, 3.8) is 0 Å². The molecule has 1 aromatic rings. The minimum absolute atomic E-state index is 0.174. The highest BCUT2D eigenvalue weighted by Gasteiger charge is 2.32. The molecule has 0 saturated carbocycles. The third-order valence-electron chi connectivity index (χ3n) is 5.71. The number of ether oxygens (including phenoxy) is 2. The van der Waals surface area contributed by atoms with Crippen molar-refractivity contribution in [3.8, 4) is 5.75 Å². The van der Waals surface area contributed by atoms with Crippen LogP contribution in [0.25, 0.3) is 0 Å². The molecule has 178 valence electrons. The van der Waals surface area contributed by atoms with Crippen LogP contribution in [0.15, 0.2) is 18.2 Å². The number of nitrogens with zero attached hydrogens (tertiary/aromatic N) is 3. The van der Waals surface area contributed by atoms with Crippen LogP contribution in [0.4, 0.5) is 18.9 Å². The lowest BCUT2D eigenvalue weighted by Gasteiger charge is -2.39. The largest absolute Gasteiger partial charge is 0.484 e. The molecule has 0 N–H and O–H groups in total. The maximum absolute atomic E-state index is 13.0. The first-order chi connectivity index (χ1) is 15.0. The first-order valence-electron chi connectivity index (χ1n) is 10.7. The summed E-state index contributed by atoms with van der Waals surface area (Å²) in [4.78, 5) is 27.5. The Morgan fingerprint density at radius 1 is 1.22 bits per heavy atom. The number of benzene rings is 1. The van der Waals surface area contributed by atoms with Crippen LogP contribution < -0.4 is 4.74 Å². The van der Waals surface area contributed by atoms with E-state index in [2.05, 4.69) is 9.64 Å². The lowest BCUT2D eigenvalue weighted by Crippen LogP contribution is -2.48. The molecule has 2 aliphatic rings. The van der Waals surface area contributed by atoms with E-state index >= 15 is 0 Å². The van der Waals surface area contributed by atoms with E-state index in [0.717, 1.165) is 50.7 Å². The third kappa shape index (κ3) is 6.55. The Morgan fingerprint density at radius 2 is 1.84 bits per heavy atom. The van der Waals surface area contributed by atoms with Crippen LogP contribution in [-0.2, 0) is 4.74 Å². The number of carbonyl (C=O) groups excluding carboxylic acids is 1. The quantitative estimate of drug-likeness (QED) is 0.478. The number of piperidine rings is 1. The van der Waals surface area contributed by atoms with Crippen LogP contribution in [0.5, 0.6) is 5.75 Å². The van der Waals surface area contributed by atoms with Crippen molar-refractivity contribution in [2.45, 2.75) is 45.1 Å². The first kappa shape index (κ1) is 24.2. The average molecular weight is 459 g/mol. The van der Waals surface area contributed by atoms with Crippen molar-refractivity contribution in [2.24, 2.45) is 5.92 Å². The minimum Gasteiger partial charge on any atom is -0.484 e. The van der Waals surface area contributed by atoms with Gasteiger partial charge in [-0.3, -0.25) is 19.8 Å². The minimum atomic E-state index is -4.55. The van der Waals surface area contributed by atoms with E-state index in [4.69, 9.17) is 4.74 Å². The Morgan fingerprint density at radius 3 is 2.41 bits per heavy atom. The number of alkyl halides is 3. The molecular weight excluding hydrogens is 431 g/mol. The lowest BCUT2D eigenvalue weighted by atomic mass is 9.95. The molecule has 0 radical (unpaired) electrons. The van der Waals surface area contributed by atoms with Gasteiger partial charge in [0.2, 0.25) is 0 Å². The number of halogens is 3. The van der Waals surface area contributed by atoms with Crippen molar-refractivity contribution in [1.82, 2.24) is 9.80 Å². The summed E-state index contributed by atoms with van der Waals surface area (Å²) in [6, 6.07) is 3.10. The van der Waals surface area contributed by atoms with E-state index in [-0.39, 0.29) is 23.5 Å². The third-order valence-corrected chi connectivity index (χ3v) is 5.71. The fourth-order valence-corrected chi connectivity index (χ4v) is 4.39. The fourth-order valence-electron chi connectivity index (χ4n) is 4.39. The van der Waals surface area contributed by atoms with Crippen LogP contribution in [0, 0.1) is 16.0 Å². The number of hydrogen-bond acceptors (Lipinski definition) is 6. The van der Waals surface area contributed by atoms with Crippen molar-refractivity contribution < 1.29 is 32.4 Å². The van der Waals surface area contributed by atoms with Crippen molar-refractivity contribution in [3.05, 3.63) is 33.9 Å². The number of carbonyl (C=O) groups is 1. The van der Waals surface area contributed by atoms with Crippen LogP contribution >= 0.6 is 0 Å². The summed E-state index contributed by atoms with van der Waals surface area (Å²) >= 11 is 0. The molecule has 2 atom stereocenters. The smallest absolute Gasteiger partial charge is 0.422 e. The predicted molar refractivity (Wildman–Crippen MR) is 110 cm³/mol. The molecule has 2 heterocycles. The highest BCUT2D eigenvalue weighted by molar-refractivity contribution is 5.98. The molecule has 0 bridgehead atoms. The SMILES string of the molecule is CC1CN(CC2CCN(C(=O)c3cc(OCC(F)(F)F)ccc3[N+](=O)[O-])CC2)CC(C)O1. The van der Waals surface area contributed by atoms with E-state index in [1.807, 2.05) is 13.8 Å². The molecule has 0 aromatic heterocycles. The van der Waals surface area contributed by atoms with E-state index < -0.39 is 29.3 Å².